The van der Waals surface area contributed by atoms with Crippen molar-refractivity contribution >= 4 is 17.5 Å². The van der Waals surface area contributed by atoms with Crippen LogP contribution in [0.2, 0.25) is 0 Å². The number of halogens is 1. The zero-order valence-electron chi connectivity index (χ0n) is 13.6. The molecule has 0 aliphatic rings. The van der Waals surface area contributed by atoms with E-state index >= 15 is 0 Å². The fourth-order valence-corrected chi connectivity index (χ4v) is 2.21. The Morgan fingerprint density at radius 2 is 2.04 bits per heavy atom. The first kappa shape index (κ1) is 17.9. The molecule has 0 spiro atoms. The van der Waals surface area contributed by atoms with Gasteiger partial charge in [-0.1, -0.05) is 17.7 Å². The van der Waals surface area contributed by atoms with Gasteiger partial charge in [-0.05, 0) is 31.0 Å². The summed E-state index contributed by atoms with van der Waals surface area (Å²) in [5.41, 5.74) is 2.04. The van der Waals surface area contributed by atoms with Crippen molar-refractivity contribution in [2.24, 2.45) is 0 Å². The molecule has 0 bridgehead atoms. The minimum atomic E-state index is -0.0854. The summed E-state index contributed by atoms with van der Waals surface area (Å²) in [6.07, 6.45) is 5.47. The molecule has 1 heterocycles. The number of hydrogen-bond acceptors (Lipinski definition) is 4. The van der Waals surface area contributed by atoms with Crippen LogP contribution in [0.1, 0.15) is 18.9 Å². The fraction of sp³-hybridized carbons (Fsp3) is 0.278. The van der Waals surface area contributed by atoms with Crippen LogP contribution >= 0.6 is 11.6 Å². The Kier molecular flexibility index (Phi) is 6.75. The van der Waals surface area contributed by atoms with Crippen molar-refractivity contribution in [3.63, 3.8) is 0 Å². The highest BCUT2D eigenvalue weighted by molar-refractivity contribution is 6.27. The standard InChI is InChI=1S/C18H20ClN3O2/c1-14(2)7-10-22(18(23)11-19)13-15-3-5-16(6-4-15)24-17-12-20-8-9-21-17/h3-6,8-9,12H,1,7,10-11,13H2,2H3. The van der Waals surface area contributed by atoms with Gasteiger partial charge in [-0.15, -0.1) is 18.2 Å². The molecule has 0 radical (unpaired) electrons. The number of alkyl halides is 1. The first-order valence-electron chi connectivity index (χ1n) is 7.59. The Labute approximate surface area is 146 Å². The van der Waals surface area contributed by atoms with Gasteiger partial charge < -0.3 is 9.64 Å². The first-order valence-corrected chi connectivity index (χ1v) is 8.13. The van der Waals surface area contributed by atoms with E-state index < -0.39 is 0 Å². The number of rotatable bonds is 8. The van der Waals surface area contributed by atoms with E-state index in [9.17, 15) is 4.79 Å². The Hall–Kier alpha value is -2.40. The lowest BCUT2D eigenvalue weighted by Crippen LogP contribution is -2.32. The average molecular weight is 346 g/mol. The van der Waals surface area contributed by atoms with Gasteiger partial charge in [-0.25, -0.2) is 4.98 Å². The van der Waals surface area contributed by atoms with Crippen LogP contribution in [-0.4, -0.2) is 33.2 Å². The number of carbonyl (C=O) groups excluding carboxylic acids is 1. The molecule has 1 aromatic heterocycles. The van der Waals surface area contributed by atoms with Crippen LogP contribution in [0.5, 0.6) is 11.6 Å². The van der Waals surface area contributed by atoms with Crippen LogP contribution in [0.4, 0.5) is 0 Å². The largest absolute Gasteiger partial charge is 0.438 e. The minimum Gasteiger partial charge on any atom is -0.438 e. The fourth-order valence-electron chi connectivity index (χ4n) is 2.04. The van der Waals surface area contributed by atoms with E-state index in [2.05, 4.69) is 16.5 Å². The van der Waals surface area contributed by atoms with Gasteiger partial charge in [0.2, 0.25) is 11.8 Å². The first-order chi connectivity index (χ1) is 11.6. The van der Waals surface area contributed by atoms with E-state index in [-0.39, 0.29) is 11.8 Å². The van der Waals surface area contributed by atoms with Crippen molar-refractivity contribution in [2.45, 2.75) is 19.9 Å². The summed E-state index contributed by atoms with van der Waals surface area (Å²) in [7, 11) is 0. The predicted octanol–water partition coefficient (Wildman–Crippen LogP) is 3.80. The molecule has 2 rings (SSSR count). The molecule has 0 N–H and O–H groups in total. The number of carbonyl (C=O) groups is 1. The van der Waals surface area contributed by atoms with E-state index in [0.29, 0.717) is 24.7 Å². The van der Waals surface area contributed by atoms with E-state index in [4.69, 9.17) is 16.3 Å². The maximum absolute atomic E-state index is 12.0. The van der Waals surface area contributed by atoms with Crippen LogP contribution in [0.3, 0.4) is 0 Å². The second-order valence-corrected chi connectivity index (χ2v) is 5.71. The molecule has 1 amide bonds. The van der Waals surface area contributed by atoms with Gasteiger partial charge in [0.15, 0.2) is 0 Å². The molecular formula is C18H20ClN3O2. The monoisotopic (exact) mass is 345 g/mol. The topological polar surface area (TPSA) is 55.3 Å². The van der Waals surface area contributed by atoms with Crippen molar-refractivity contribution in [3.05, 3.63) is 60.6 Å². The molecule has 1 aromatic carbocycles. The summed E-state index contributed by atoms with van der Waals surface area (Å²) < 4.78 is 5.60. The Balaban J connectivity index is 2.00. The Morgan fingerprint density at radius 1 is 1.29 bits per heavy atom. The van der Waals surface area contributed by atoms with Gasteiger partial charge in [-0.2, -0.15) is 0 Å². The summed E-state index contributed by atoms with van der Waals surface area (Å²) >= 11 is 5.70. The van der Waals surface area contributed by atoms with Gasteiger partial charge in [0.05, 0.1) is 6.20 Å². The van der Waals surface area contributed by atoms with Crippen LogP contribution in [0.15, 0.2) is 55.0 Å². The number of hydrogen-bond donors (Lipinski definition) is 0. The lowest BCUT2D eigenvalue weighted by molar-refractivity contribution is -0.129. The molecular weight excluding hydrogens is 326 g/mol. The SMILES string of the molecule is C=C(C)CCN(Cc1ccc(Oc2cnccn2)cc1)C(=O)CCl. The molecule has 6 heteroatoms. The van der Waals surface area contributed by atoms with E-state index in [1.807, 2.05) is 31.2 Å². The van der Waals surface area contributed by atoms with Crippen molar-refractivity contribution in [3.8, 4) is 11.6 Å². The van der Waals surface area contributed by atoms with E-state index in [0.717, 1.165) is 17.6 Å². The number of amides is 1. The van der Waals surface area contributed by atoms with Crippen LogP contribution < -0.4 is 4.74 Å². The molecule has 2 aromatic rings. The van der Waals surface area contributed by atoms with Crippen molar-refractivity contribution in [2.75, 3.05) is 12.4 Å². The predicted molar refractivity (Wildman–Crippen MR) is 94.1 cm³/mol. The molecule has 0 saturated heterocycles. The molecule has 0 atom stereocenters. The van der Waals surface area contributed by atoms with E-state index in [1.54, 1.807) is 23.5 Å². The van der Waals surface area contributed by atoms with Crippen LogP contribution in [0.25, 0.3) is 0 Å². The zero-order valence-corrected chi connectivity index (χ0v) is 14.4. The zero-order chi connectivity index (χ0) is 17.4. The molecule has 0 saturated carbocycles. The highest BCUT2D eigenvalue weighted by Crippen LogP contribution is 2.19. The normalized spacial score (nSPS) is 10.2. The summed E-state index contributed by atoms with van der Waals surface area (Å²) in [4.78, 5) is 21.7. The molecule has 0 aliphatic heterocycles. The highest BCUT2D eigenvalue weighted by Gasteiger charge is 2.13. The molecule has 0 unspecified atom stereocenters. The van der Waals surface area contributed by atoms with E-state index in [1.165, 1.54) is 0 Å². The number of aromatic nitrogens is 2. The summed E-state index contributed by atoms with van der Waals surface area (Å²) in [6, 6.07) is 7.51. The smallest absolute Gasteiger partial charge is 0.237 e. The lowest BCUT2D eigenvalue weighted by Gasteiger charge is -2.22. The summed E-state index contributed by atoms with van der Waals surface area (Å²) in [5.74, 6) is 0.990. The third kappa shape index (κ3) is 5.66. The van der Waals surface area contributed by atoms with Gasteiger partial charge in [0, 0.05) is 25.5 Å². The minimum absolute atomic E-state index is 0.0237. The van der Waals surface area contributed by atoms with Crippen molar-refractivity contribution < 1.29 is 9.53 Å². The maximum atomic E-state index is 12.0. The maximum Gasteiger partial charge on any atom is 0.237 e. The molecule has 24 heavy (non-hydrogen) atoms. The third-order valence-corrected chi connectivity index (χ3v) is 3.56. The van der Waals surface area contributed by atoms with Gasteiger partial charge in [0.25, 0.3) is 0 Å². The number of nitrogens with zero attached hydrogens (tertiary/aromatic N) is 3. The second kappa shape index (κ2) is 9.03. The Bertz CT molecular complexity index is 674. The van der Waals surface area contributed by atoms with Gasteiger partial charge >= 0.3 is 0 Å². The summed E-state index contributed by atoms with van der Waals surface area (Å²) in [5, 5.41) is 0. The highest BCUT2D eigenvalue weighted by atomic mass is 35.5. The van der Waals surface area contributed by atoms with Gasteiger partial charge in [0.1, 0.15) is 11.6 Å². The van der Waals surface area contributed by atoms with Crippen molar-refractivity contribution in [1.29, 1.82) is 0 Å². The number of benzene rings is 1. The molecule has 0 aliphatic carbocycles. The van der Waals surface area contributed by atoms with Crippen LogP contribution in [0, 0.1) is 0 Å². The summed E-state index contributed by atoms with van der Waals surface area (Å²) in [6.45, 7) is 6.93. The second-order valence-electron chi connectivity index (χ2n) is 5.45. The molecule has 126 valence electrons. The average Bonchev–Trinajstić information content (AvgIpc) is 2.60. The third-order valence-electron chi connectivity index (χ3n) is 3.33. The number of ether oxygens (including phenoxy) is 1. The lowest BCUT2D eigenvalue weighted by atomic mass is 10.2. The van der Waals surface area contributed by atoms with Crippen LogP contribution in [-0.2, 0) is 11.3 Å². The molecule has 0 fully saturated rings. The Morgan fingerprint density at radius 3 is 2.62 bits per heavy atom. The molecule has 5 nitrogen and oxygen atoms in total. The van der Waals surface area contributed by atoms with Gasteiger partial charge in [-0.3, -0.25) is 9.78 Å². The quantitative estimate of drug-likeness (QED) is 0.539. The van der Waals surface area contributed by atoms with Crippen molar-refractivity contribution in [1.82, 2.24) is 14.9 Å².